The molecule has 2 rings (SSSR count). The maximum Gasteiger partial charge on any atom is 0.251 e. The summed E-state index contributed by atoms with van der Waals surface area (Å²) in [6, 6.07) is 11.5. The summed E-state index contributed by atoms with van der Waals surface area (Å²) in [6.45, 7) is 0.219. The predicted molar refractivity (Wildman–Crippen MR) is 95.0 cm³/mol. The van der Waals surface area contributed by atoms with Crippen LogP contribution in [0.15, 0.2) is 42.5 Å². The van der Waals surface area contributed by atoms with E-state index in [1.165, 1.54) is 7.11 Å². The lowest BCUT2D eigenvalue weighted by Crippen LogP contribution is -2.27. The van der Waals surface area contributed by atoms with Crippen LogP contribution >= 0.6 is 23.2 Å². The van der Waals surface area contributed by atoms with Gasteiger partial charge in [0.2, 0.25) is 5.91 Å². The van der Waals surface area contributed by atoms with Gasteiger partial charge in [-0.25, -0.2) is 0 Å². The molecule has 2 aromatic rings. The van der Waals surface area contributed by atoms with Gasteiger partial charge in [-0.3, -0.25) is 9.59 Å². The van der Waals surface area contributed by atoms with Crippen molar-refractivity contribution in [3.05, 3.63) is 58.1 Å². The molecular weight excluding hydrogens is 351 g/mol. The summed E-state index contributed by atoms with van der Waals surface area (Å²) in [5, 5.41) is 6.35. The van der Waals surface area contributed by atoms with Crippen molar-refractivity contribution in [1.29, 1.82) is 0 Å². The molecule has 126 valence electrons. The summed E-state index contributed by atoms with van der Waals surface area (Å²) in [5.74, 6) is 0.0458. The van der Waals surface area contributed by atoms with E-state index in [0.717, 1.165) is 0 Å². The standard InChI is InChI=1S/C17H16Cl2N2O3/c1-24-15-7-6-13(10-14(15)19)21-16(22)8-9-20-17(23)11-2-4-12(18)5-3-11/h2-7,10H,8-9H2,1H3,(H,20,23)(H,21,22). The Morgan fingerprint density at radius 2 is 1.79 bits per heavy atom. The third-order valence-corrected chi connectivity index (χ3v) is 3.73. The lowest BCUT2D eigenvalue weighted by molar-refractivity contribution is -0.116. The SMILES string of the molecule is COc1ccc(NC(=O)CCNC(=O)c2ccc(Cl)cc2)cc1Cl. The van der Waals surface area contributed by atoms with Gasteiger partial charge in [0.1, 0.15) is 5.75 Å². The van der Waals surface area contributed by atoms with E-state index in [4.69, 9.17) is 27.9 Å². The van der Waals surface area contributed by atoms with E-state index in [1.54, 1.807) is 42.5 Å². The number of benzene rings is 2. The number of hydrogen-bond donors (Lipinski definition) is 2. The Balaban J connectivity index is 1.80. The average Bonchev–Trinajstić information content (AvgIpc) is 2.55. The Labute approximate surface area is 149 Å². The fourth-order valence-electron chi connectivity index (χ4n) is 1.96. The summed E-state index contributed by atoms with van der Waals surface area (Å²) < 4.78 is 5.05. The lowest BCUT2D eigenvalue weighted by atomic mass is 10.2. The van der Waals surface area contributed by atoms with E-state index < -0.39 is 0 Å². The number of ether oxygens (including phenoxy) is 1. The number of hydrogen-bond acceptors (Lipinski definition) is 3. The van der Waals surface area contributed by atoms with Crippen LogP contribution in [-0.2, 0) is 4.79 Å². The number of rotatable bonds is 6. The van der Waals surface area contributed by atoms with Gasteiger partial charge in [0, 0.05) is 29.2 Å². The Bertz CT molecular complexity index is 733. The zero-order valence-electron chi connectivity index (χ0n) is 12.9. The van der Waals surface area contributed by atoms with Crippen LogP contribution in [0.5, 0.6) is 5.75 Å². The van der Waals surface area contributed by atoms with Gasteiger partial charge < -0.3 is 15.4 Å². The molecule has 0 spiro atoms. The highest BCUT2D eigenvalue weighted by atomic mass is 35.5. The van der Waals surface area contributed by atoms with Crippen LogP contribution in [0.4, 0.5) is 5.69 Å². The summed E-state index contributed by atoms with van der Waals surface area (Å²) in [5.41, 5.74) is 1.05. The molecule has 24 heavy (non-hydrogen) atoms. The molecular formula is C17H16Cl2N2O3. The molecule has 5 nitrogen and oxygen atoms in total. The number of amides is 2. The number of carbonyl (C=O) groups is 2. The average molecular weight is 367 g/mol. The molecule has 0 radical (unpaired) electrons. The first kappa shape index (κ1) is 18.1. The number of nitrogens with one attached hydrogen (secondary N) is 2. The van der Waals surface area contributed by atoms with Gasteiger partial charge in [-0.1, -0.05) is 23.2 Å². The van der Waals surface area contributed by atoms with Crippen molar-refractivity contribution in [3.63, 3.8) is 0 Å². The smallest absolute Gasteiger partial charge is 0.251 e. The maximum absolute atomic E-state index is 11.9. The number of halogens is 2. The quantitative estimate of drug-likeness (QED) is 0.817. The first-order valence-corrected chi connectivity index (χ1v) is 7.92. The Morgan fingerprint density at radius 1 is 1.08 bits per heavy atom. The van der Waals surface area contributed by atoms with Crippen molar-refractivity contribution in [3.8, 4) is 5.75 Å². The lowest BCUT2D eigenvalue weighted by Gasteiger charge is -2.09. The second kappa shape index (κ2) is 8.57. The van der Waals surface area contributed by atoms with Gasteiger partial charge in [-0.05, 0) is 42.5 Å². The predicted octanol–water partition coefficient (Wildman–Crippen LogP) is 3.76. The van der Waals surface area contributed by atoms with E-state index in [9.17, 15) is 9.59 Å². The molecule has 0 atom stereocenters. The molecule has 0 aliphatic heterocycles. The highest BCUT2D eigenvalue weighted by Crippen LogP contribution is 2.27. The molecule has 2 N–H and O–H groups in total. The highest BCUT2D eigenvalue weighted by molar-refractivity contribution is 6.32. The molecule has 0 saturated carbocycles. The van der Waals surface area contributed by atoms with Gasteiger partial charge in [0.15, 0.2) is 0 Å². The van der Waals surface area contributed by atoms with E-state index in [-0.39, 0.29) is 24.8 Å². The van der Waals surface area contributed by atoms with Gasteiger partial charge in [-0.2, -0.15) is 0 Å². The van der Waals surface area contributed by atoms with E-state index in [0.29, 0.717) is 27.0 Å². The zero-order valence-corrected chi connectivity index (χ0v) is 14.4. The van der Waals surface area contributed by atoms with Crippen molar-refractivity contribution in [2.45, 2.75) is 6.42 Å². The molecule has 0 aliphatic rings. The minimum atomic E-state index is -0.257. The first-order valence-electron chi connectivity index (χ1n) is 7.17. The largest absolute Gasteiger partial charge is 0.495 e. The highest BCUT2D eigenvalue weighted by Gasteiger charge is 2.08. The van der Waals surface area contributed by atoms with Crippen LogP contribution in [-0.4, -0.2) is 25.5 Å². The molecule has 2 aromatic carbocycles. The summed E-state index contributed by atoms with van der Waals surface area (Å²) >= 11 is 11.8. The Morgan fingerprint density at radius 3 is 2.42 bits per heavy atom. The van der Waals surface area contributed by atoms with E-state index >= 15 is 0 Å². The second-order valence-corrected chi connectivity index (χ2v) is 5.75. The molecule has 0 heterocycles. The molecule has 0 aromatic heterocycles. The van der Waals surface area contributed by atoms with Crippen molar-refractivity contribution in [1.82, 2.24) is 5.32 Å². The molecule has 7 heteroatoms. The second-order valence-electron chi connectivity index (χ2n) is 4.91. The van der Waals surface area contributed by atoms with Crippen LogP contribution in [0.3, 0.4) is 0 Å². The van der Waals surface area contributed by atoms with Crippen molar-refractivity contribution in [2.24, 2.45) is 0 Å². The molecule has 0 bridgehead atoms. The normalized spacial score (nSPS) is 10.1. The summed E-state index contributed by atoms with van der Waals surface area (Å²) in [7, 11) is 1.52. The van der Waals surface area contributed by atoms with Crippen LogP contribution in [0, 0.1) is 0 Å². The zero-order chi connectivity index (χ0) is 17.5. The van der Waals surface area contributed by atoms with Crippen molar-refractivity contribution < 1.29 is 14.3 Å². The monoisotopic (exact) mass is 366 g/mol. The van der Waals surface area contributed by atoms with E-state index in [1.807, 2.05) is 0 Å². The minimum Gasteiger partial charge on any atom is -0.495 e. The van der Waals surface area contributed by atoms with Crippen LogP contribution in [0.25, 0.3) is 0 Å². The Kier molecular flexibility index (Phi) is 6.46. The van der Waals surface area contributed by atoms with Crippen molar-refractivity contribution in [2.75, 3.05) is 19.0 Å². The number of anilines is 1. The molecule has 0 saturated heterocycles. The van der Waals surface area contributed by atoms with Gasteiger partial charge >= 0.3 is 0 Å². The molecule has 0 unspecified atom stereocenters. The third-order valence-electron chi connectivity index (χ3n) is 3.18. The maximum atomic E-state index is 11.9. The molecule has 0 fully saturated rings. The van der Waals surface area contributed by atoms with E-state index in [2.05, 4.69) is 10.6 Å². The van der Waals surface area contributed by atoms with Crippen LogP contribution in [0.1, 0.15) is 16.8 Å². The first-order chi connectivity index (χ1) is 11.5. The third kappa shape index (κ3) is 5.15. The van der Waals surface area contributed by atoms with Crippen molar-refractivity contribution >= 4 is 40.7 Å². The summed E-state index contributed by atoms with van der Waals surface area (Å²) in [4.78, 5) is 23.8. The topological polar surface area (TPSA) is 67.4 Å². The number of carbonyl (C=O) groups excluding carboxylic acids is 2. The Hall–Kier alpha value is -2.24. The van der Waals surface area contributed by atoms with Gasteiger partial charge in [0.25, 0.3) is 5.91 Å². The van der Waals surface area contributed by atoms with Gasteiger partial charge in [-0.15, -0.1) is 0 Å². The van der Waals surface area contributed by atoms with Crippen LogP contribution < -0.4 is 15.4 Å². The number of methoxy groups -OCH3 is 1. The summed E-state index contributed by atoms with van der Waals surface area (Å²) in [6.07, 6.45) is 0.142. The van der Waals surface area contributed by atoms with Gasteiger partial charge in [0.05, 0.1) is 12.1 Å². The molecule has 0 aliphatic carbocycles. The molecule has 2 amide bonds. The minimum absolute atomic E-state index is 0.142. The fraction of sp³-hybridized carbons (Fsp3) is 0.176. The van der Waals surface area contributed by atoms with Crippen LogP contribution in [0.2, 0.25) is 10.0 Å². The fourth-order valence-corrected chi connectivity index (χ4v) is 2.34.